The Bertz CT molecular complexity index is 534. The van der Waals surface area contributed by atoms with Crippen molar-refractivity contribution in [2.45, 2.75) is 11.8 Å². The molecule has 2 aromatic rings. The van der Waals surface area contributed by atoms with Gasteiger partial charge in [0.1, 0.15) is 6.33 Å². The molecule has 94 valence electrons. The Morgan fingerprint density at radius 3 is 2.83 bits per heavy atom. The highest BCUT2D eigenvalue weighted by atomic mass is 35.5. The van der Waals surface area contributed by atoms with E-state index in [1.165, 1.54) is 6.33 Å². The van der Waals surface area contributed by atoms with Crippen LogP contribution in [0.4, 0.5) is 0 Å². The summed E-state index contributed by atoms with van der Waals surface area (Å²) in [4.78, 5) is 8.12. The van der Waals surface area contributed by atoms with Gasteiger partial charge in [-0.15, -0.1) is 11.6 Å². The Balaban J connectivity index is 2.13. The topological polar surface area (TPSA) is 35.0 Å². The Hall–Kier alpha value is -1.32. The molecule has 0 aliphatic rings. The Morgan fingerprint density at radius 2 is 2.11 bits per heavy atom. The molecule has 0 fully saturated rings. The fraction of sp³-hybridized carbons (Fsp3) is 0.231. The lowest BCUT2D eigenvalue weighted by Gasteiger charge is -2.10. The van der Waals surface area contributed by atoms with Gasteiger partial charge < -0.3 is 4.74 Å². The second-order valence-electron chi connectivity index (χ2n) is 3.78. The lowest BCUT2D eigenvalue weighted by molar-refractivity contribution is 0.396. The molecular weight excluding hydrogens is 271 g/mol. The molecule has 18 heavy (non-hydrogen) atoms. The highest BCUT2D eigenvalue weighted by molar-refractivity contribution is 6.30. The lowest BCUT2D eigenvalue weighted by atomic mass is 10.1. The summed E-state index contributed by atoms with van der Waals surface area (Å²) in [6.45, 7) is 0. The first-order valence-electron chi connectivity index (χ1n) is 5.43. The van der Waals surface area contributed by atoms with E-state index in [0.717, 1.165) is 11.3 Å². The van der Waals surface area contributed by atoms with Crippen molar-refractivity contribution in [2.24, 2.45) is 0 Å². The van der Waals surface area contributed by atoms with Gasteiger partial charge in [-0.2, -0.15) is 0 Å². The molecule has 0 radical (unpaired) electrons. The van der Waals surface area contributed by atoms with Gasteiger partial charge >= 0.3 is 0 Å². The average Bonchev–Trinajstić information content (AvgIpc) is 2.39. The van der Waals surface area contributed by atoms with Gasteiger partial charge in [-0.05, 0) is 17.7 Å². The average molecular weight is 283 g/mol. The van der Waals surface area contributed by atoms with E-state index in [0.29, 0.717) is 17.3 Å². The smallest absolute Gasteiger partial charge is 0.216 e. The molecule has 0 aliphatic carbocycles. The molecule has 1 aromatic carbocycles. The van der Waals surface area contributed by atoms with E-state index >= 15 is 0 Å². The van der Waals surface area contributed by atoms with Crippen LogP contribution in [0.5, 0.6) is 5.88 Å². The van der Waals surface area contributed by atoms with Gasteiger partial charge in [0.05, 0.1) is 12.5 Å². The number of alkyl halides is 1. The molecule has 0 N–H and O–H groups in total. The van der Waals surface area contributed by atoms with E-state index in [4.69, 9.17) is 27.9 Å². The first kappa shape index (κ1) is 13.1. The number of nitrogens with zero attached hydrogens (tertiary/aromatic N) is 2. The summed E-state index contributed by atoms with van der Waals surface area (Å²) >= 11 is 12.3. The number of aromatic nitrogens is 2. The van der Waals surface area contributed by atoms with E-state index in [9.17, 15) is 0 Å². The number of rotatable bonds is 4. The van der Waals surface area contributed by atoms with Crippen LogP contribution in [0.3, 0.4) is 0 Å². The summed E-state index contributed by atoms with van der Waals surface area (Å²) in [5.74, 6) is 0.537. The van der Waals surface area contributed by atoms with Crippen LogP contribution in [0.1, 0.15) is 16.6 Å². The van der Waals surface area contributed by atoms with Crippen molar-refractivity contribution < 1.29 is 4.74 Å². The summed E-state index contributed by atoms with van der Waals surface area (Å²) in [6.07, 6.45) is 2.07. The molecule has 1 aromatic heterocycles. The Kier molecular flexibility index (Phi) is 4.39. The second-order valence-corrected chi connectivity index (χ2v) is 4.74. The summed E-state index contributed by atoms with van der Waals surface area (Å²) in [5, 5.41) is 0.502. The zero-order chi connectivity index (χ0) is 13.0. The molecule has 0 aliphatic heterocycles. The zero-order valence-corrected chi connectivity index (χ0v) is 11.3. The number of ether oxygens (including phenoxy) is 1. The number of hydrogen-bond donors (Lipinski definition) is 0. The quantitative estimate of drug-likeness (QED) is 0.803. The van der Waals surface area contributed by atoms with Gasteiger partial charge in [0.2, 0.25) is 5.88 Å². The minimum Gasteiger partial charge on any atom is -0.481 e. The van der Waals surface area contributed by atoms with E-state index in [1.54, 1.807) is 13.2 Å². The summed E-state index contributed by atoms with van der Waals surface area (Å²) < 4.78 is 5.05. The van der Waals surface area contributed by atoms with Crippen LogP contribution in [-0.4, -0.2) is 17.1 Å². The third kappa shape index (κ3) is 3.34. The maximum atomic E-state index is 6.35. The van der Waals surface area contributed by atoms with Gasteiger partial charge in [-0.1, -0.05) is 23.7 Å². The zero-order valence-electron chi connectivity index (χ0n) is 9.81. The van der Waals surface area contributed by atoms with E-state index in [1.807, 2.05) is 24.3 Å². The molecule has 5 heteroatoms. The molecule has 0 saturated heterocycles. The molecule has 2 rings (SSSR count). The summed E-state index contributed by atoms with van der Waals surface area (Å²) in [7, 11) is 1.57. The molecule has 0 amide bonds. The van der Waals surface area contributed by atoms with E-state index < -0.39 is 0 Å². The van der Waals surface area contributed by atoms with Crippen molar-refractivity contribution in [1.29, 1.82) is 0 Å². The molecule has 1 heterocycles. The minimum absolute atomic E-state index is 0.177. The molecule has 0 spiro atoms. The molecule has 0 saturated carbocycles. The van der Waals surface area contributed by atoms with E-state index in [-0.39, 0.29) is 5.38 Å². The van der Waals surface area contributed by atoms with Crippen LogP contribution in [-0.2, 0) is 6.42 Å². The Labute approximate surface area is 116 Å². The van der Waals surface area contributed by atoms with Gasteiger partial charge in [-0.3, -0.25) is 0 Å². The number of hydrogen-bond acceptors (Lipinski definition) is 3. The van der Waals surface area contributed by atoms with Crippen molar-refractivity contribution in [3.63, 3.8) is 0 Å². The Morgan fingerprint density at radius 1 is 1.28 bits per heavy atom. The minimum atomic E-state index is -0.177. The predicted octanol–water partition coefficient (Wildman–Crippen LogP) is 3.66. The van der Waals surface area contributed by atoms with Gasteiger partial charge in [-0.25, -0.2) is 9.97 Å². The van der Waals surface area contributed by atoms with Crippen molar-refractivity contribution in [3.8, 4) is 5.88 Å². The number of methoxy groups -OCH3 is 1. The maximum Gasteiger partial charge on any atom is 0.216 e. The van der Waals surface area contributed by atoms with Crippen LogP contribution in [0.2, 0.25) is 5.02 Å². The normalized spacial score (nSPS) is 12.2. The van der Waals surface area contributed by atoms with Crippen molar-refractivity contribution in [3.05, 3.63) is 52.9 Å². The molecular formula is C13H12Cl2N2O. The summed E-state index contributed by atoms with van der Waals surface area (Å²) in [5.41, 5.74) is 1.81. The van der Waals surface area contributed by atoms with Crippen LogP contribution >= 0.6 is 23.2 Å². The molecule has 0 bridgehead atoms. The molecule has 1 atom stereocenters. The fourth-order valence-corrected chi connectivity index (χ4v) is 2.10. The fourth-order valence-electron chi connectivity index (χ4n) is 1.60. The standard InChI is InChI=1S/C13H12Cl2N2O/c1-18-13-7-11(16-8-17-13)6-12(15)9-3-2-4-10(14)5-9/h2-5,7-8,12H,6H2,1H3. The predicted molar refractivity (Wildman–Crippen MR) is 72.3 cm³/mol. The number of benzene rings is 1. The first-order chi connectivity index (χ1) is 8.69. The van der Waals surface area contributed by atoms with Gasteiger partial charge in [0.15, 0.2) is 0 Å². The lowest BCUT2D eigenvalue weighted by Crippen LogP contribution is -2.00. The third-order valence-electron chi connectivity index (χ3n) is 2.51. The van der Waals surface area contributed by atoms with Crippen LogP contribution in [0, 0.1) is 0 Å². The molecule has 3 nitrogen and oxygen atoms in total. The maximum absolute atomic E-state index is 6.35. The van der Waals surface area contributed by atoms with E-state index in [2.05, 4.69) is 9.97 Å². The number of halogens is 2. The van der Waals surface area contributed by atoms with Gasteiger partial charge in [0.25, 0.3) is 0 Å². The SMILES string of the molecule is COc1cc(CC(Cl)c2cccc(Cl)c2)ncn1. The van der Waals surface area contributed by atoms with Gasteiger partial charge in [0, 0.05) is 23.2 Å². The largest absolute Gasteiger partial charge is 0.481 e. The highest BCUT2D eigenvalue weighted by Gasteiger charge is 2.11. The van der Waals surface area contributed by atoms with Crippen LogP contribution in [0.15, 0.2) is 36.7 Å². The highest BCUT2D eigenvalue weighted by Crippen LogP contribution is 2.26. The van der Waals surface area contributed by atoms with Crippen molar-refractivity contribution in [1.82, 2.24) is 9.97 Å². The summed E-state index contributed by atoms with van der Waals surface area (Å²) in [6, 6.07) is 9.29. The monoisotopic (exact) mass is 282 g/mol. The van der Waals surface area contributed by atoms with Crippen LogP contribution < -0.4 is 4.74 Å². The second kappa shape index (κ2) is 6.03. The third-order valence-corrected chi connectivity index (χ3v) is 3.15. The van der Waals surface area contributed by atoms with Crippen LogP contribution in [0.25, 0.3) is 0 Å². The van der Waals surface area contributed by atoms with Crippen molar-refractivity contribution >= 4 is 23.2 Å². The first-order valence-corrected chi connectivity index (χ1v) is 6.25. The molecule has 1 unspecified atom stereocenters. The van der Waals surface area contributed by atoms with Crippen molar-refractivity contribution in [2.75, 3.05) is 7.11 Å².